The Morgan fingerprint density at radius 1 is 1.21 bits per heavy atom. The second-order valence-electron chi connectivity index (χ2n) is 4.78. The number of carbonyl (C=O) groups excluding carboxylic acids is 1. The number of rotatable bonds is 6. The van der Waals surface area contributed by atoms with Crippen LogP contribution in [0.4, 0.5) is 24.7 Å². The van der Waals surface area contributed by atoms with Crippen molar-refractivity contribution in [1.82, 2.24) is 15.3 Å². The van der Waals surface area contributed by atoms with E-state index in [1.165, 1.54) is 13.2 Å². The molecule has 0 atom stereocenters. The SMILES string of the molecule is COCCNC(=O)c1cc(Nc2ccc(F)c(F)c2F)nc(C)n1. The van der Waals surface area contributed by atoms with Crippen molar-refractivity contribution in [3.05, 3.63) is 47.2 Å². The zero-order valence-electron chi connectivity index (χ0n) is 13.0. The van der Waals surface area contributed by atoms with Gasteiger partial charge in [-0.3, -0.25) is 4.79 Å². The van der Waals surface area contributed by atoms with E-state index < -0.39 is 23.4 Å². The number of hydrogen-bond acceptors (Lipinski definition) is 5. The van der Waals surface area contributed by atoms with Gasteiger partial charge in [-0.15, -0.1) is 0 Å². The molecule has 0 aliphatic heterocycles. The van der Waals surface area contributed by atoms with Crippen LogP contribution in [0.2, 0.25) is 0 Å². The maximum absolute atomic E-state index is 13.7. The van der Waals surface area contributed by atoms with Crippen LogP contribution in [-0.4, -0.2) is 36.1 Å². The third-order valence-electron chi connectivity index (χ3n) is 2.96. The van der Waals surface area contributed by atoms with E-state index in [2.05, 4.69) is 20.6 Å². The molecule has 1 aromatic carbocycles. The molecule has 2 N–H and O–H groups in total. The van der Waals surface area contributed by atoms with E-state index in [0.29, 0.717) is 13.2 Å². The predicted octanol–water partition coefficient (Wildman–Crippen LogP) is 2.32. The first-order valence-electron chi connectivity index (χ1n) is 6.95. The molecule has 128 valence electrons. The molecule has 1 amide bonds. The van der Waals surface area contributed by atoms with Crippen LogP contribution in [0.15, 0.2) is 18.2 Å². The van der Waals surface area contributed by atoms with E-state index in [9.17, 15) is 18.0 Å². The number of nitrogens with one attached hydrogen (secondary N) is 2. The zero-order chi connectivity index (χ0) is 17.7. The minimum Gasteiger partial charge on any atom is -0.383 e. The number of carbonyl (C=O) groups is 1. The molecule has 1 heterocycles. The predicted molar refractivity (Wildman–Crippen MR) is 80.6 cm³/mol. The van der Waals surface area contributed by atoms with Crippen molar-refractivity contribution in [2.24, 2.45) is 0 Å². The molecular weight excluding hydrogens is 325 g/mol. The molecule has 0 saturated carbocycles. The van der Waals surface area contributed by atoms with Crippen molar-refractivity contribution in [1.29, 1.82) is 0 Å². The summed E-state index contributed by atoms with van der Waals surface area (Å²) in [5.41, 5.74) is -0.262. The van der Waals surface area contributed by atoms with Gasteiger partial charge in [0.05, 0.1) is 12.3 Å². The Kier molecular flexibility index (Phi) is 5.69. The molecule has 0 aliphatic rings. The molecule has 0 radical (unpaired) electrons. The molecular formula is C15H15F3N4O2. The zero-order valence-corrected chi connectivity index (χ0v) is 13.0. The number of anilines is 2. The van der Waals surface area contributed by atoms with Gasteiger partial charge in [0.1, 0.15) is 17.3 Å². The number of aryl methyl sites for hydroxylation is 1. The van der Waals surface area contributed by atoms with Gasteiger partial charge in [-0.25, -0.2) is 23.1 Å². The summed E-state index contributed by atoms with van der Waals surface area (Å²) in [7, 11) is 1.50. The third-order valence-corrected chi connectivity index (χ3v) is 2.96. The van der Waals surface area contributed by atoms with Gasteiger partial charge >= 0.3 is 0 Å². The number of hydrogen-bond donors (Lipinski definition) is 2. The van der Waals surface area contributed by atoms with Gasteiger partial charge in [0.15, 0.2) is 17.5 Å². The quantitative estimate of drug-likeness (QED) is 0.623. The molecule has 0 aliphatic carbocycles. The molecule has 0 bridgehead atoms. The van der Waals surface area contributed by atoms with Crippen molar-refractivity contribution in [2.75, 3.05) is 25.6 Å². The molecule has 0 saturated heterocycles. The first kappa shape index (κ1) is 17.7. The highest BCUT2D eigenvalue weighted by Crippen LogP contribution is 2.23. The molecule has 2 aromatic rings. The normalized spacial score (nSPS) is 10.5. The molecule has 0 unspecified atom stereocenters. The first-order chi connectivity index (χ1) is 11.4. The molecule has 0 spiro atoms. The van der Waals surface area contributed by atoms with Gasteiger partial charge in [-0.05, 0) is 19.1 Å². The molecule has 24 heavy (non-hydrogen) atoms. The van der Waals surface area contributed by atoms with Crippen LogP contribution in [0.25, 0.3) is 0 Å². The van der Waals surface area contributed by atoms with Crippen LogP contribution in [0.3, 0.4) is 0 Å². The average molecular weight is 340 g/mol. The Labute approximate surface area is 136 Å². The molecule has 6 nitrogen and oxygen atoms in total. The van der Waals surface area contributed by atoms with E-state index in [0.717, 1.165) is 12.1 Å². The van der Waals surface area contributed by atoms with Gasteiger partial charge in [-0.2, -0.15) is 0 Å². The number of nitrogens with zero attached hydrogens (tertiary/aromatic N) is 2. The number of benzene rings is 1. The smallest absolute Gasteiger partial charge is 0.270 e. The Morgan fingerprint density at radius 3 is 2.67 bits per heavy atom. The largest absolute Gasteiger partial charge is 0.383 e. The van der Waals surface area contributed by atoms with E-state index >= 15 is 0 Å². The van der Waals surface area contributed by atoms with Crippen molar-refractivity contribution in [3.8, 4) is 0 Å². The Balaban J connectivity index is 2.22. The minimum absolute atomic E-state index is 0.0455. The summed E-state index contributed by atoms with van der Waals surface area (Å²) < 4.78 is 44.7. The topological polar surface area (TPSA) is 76.1 Å². The lowest BCUT2D eigenvalue weighted by Gasteiger charge is -2.10. The maximum atomic E-state index is 13.7. The average Bonchev–Trinajstić information content (AvgIpc) is 2.55. The highest BCUT2D eigenvalue weighted by atomic mass is 19.2. The highest BCUT2D eigenvalue weighted by molar-refractivity contribution is 5.93. The number of halogens is 3. The fourth-order valence-electron chi connectivity index (χ4n) is 1.87. The minimum atomic E-state index is -1.59. The lowest BCUT2D eigenvalue weighted by molar-refractivity contribution is 0.0931. The molecule has 1 aromatic heterocycles. The van der Waals surface area contributed by atoms with E-state index in [4.69, 9.17) is 4.74 Å². The van der Waals surface area contributed by atoms with Gasteiger partial charge in [0.25, 0.3) is 5.91 Å². The second kappa shape index (κ2) is 7.73. The molecule has 2 rings (SSSR count). The van der Waals surface area contributed by atoms with Crippen molar-refractivity contribution in [3.63, 3.8) is 0 Å². The number of ether oxygens (including phenoxy) is 1. The number of aromatic nitrogens is 2. The maximum Gasteiger partial charge on any atom is 0.270 e. The lowest BCUT2D eigenvalue weighted by atomic mass is 10.2. The molecule has 0 fully saturated rings. The standard InChI is InChI=1S/C15H15F3N4O2/c1-8-20-11(15(23)19-5-6-24-2)7-12(21-8)22-10-4-3-9(16)13(17)14(10)18/h3-4,7H,5-6H2,1-2H3,(H,19,23)(H,20,21,22). The summed E-state index contributed by atoms with van der Waals surface area (Å²) in [6, 6.07) is 3.09. The fourth-order valence-corrected chi connectivity index (χ4v) is 1.87. The fraction of sp³-hybridized carbons (Fsp3) is 0.267. The van der Waals surface area contributed by atoms with Crippen LogP contribution in [0.5, 0.6) is 0 Å². The third kappa shape index (κ3) is 4.19. The highest BCUT2D eigenvalue weighted by Gasteiger charge is 2.15. The summed E-state index contributed by atoms with van der Waals surface area (Å²) in [6.07, 6.45) is 0. The van der Waals surface area contributed by atoms with Crippen LogP contribution < -0.4 is 10.6 Å². The van der Waals surface area contributed by atoms with Gasteiger partial charge < -0.3 is 15.4 Å². The first-order valence-corrected chi connectivity index (χ1v) is 6.95. The number of methoxy groups -OCH3 is 1. The summed E-state index contributed by atoms with van der Waals surface area (Å²) in [5.74, 6) is -4.41. The lowest BCUT2D eigenvalue weighted by Crippen LogP contribution is -2.28. The van der Waals surface area contributed by atoms with E-state index in [1.54, 1.807) is 6.92 Å². The Morgan fingerprint density at radius 2 is 1.96 bits per heavy atom. The summed E-state index contributed by atoms with van der Waals surface area (Å²) in [5, 5.41) is 5.09. The van der Waals surface area contributed by atoms with Crippen LogP contribution in [-0.2, 0) is 4.74 Å². The van der Waals surface area contributed by atoms with Crippen LogP contribution in [0, 0.1) is 24.4 Å². The van der Waals surface area contributed by atoms with Crippen LogP contribution in [0.1, 0.15) is 16.3 Å². The number of amides is 1. The van der Waals surface area contributed by atoms with Gasteiger partial charge in [0, 0.05) is 19.7 Å². The second-order valence-corrected chi connectivity index (χ2v) is 4.78. The molecule has 9 heteroatoms. The van der Waals surface area contributed by atoms with E-state index in [1.807, 2.05) is 0 Å². The van der Waals surface area contributed by atoms with Crippen LogP contribution >= 0.6 is 0 Å². The summed E-state index contributed by atoms with van der Waals surface area (Å²) in [6.45, 7) is 2.17. The van der Waals surface area contributed by atoms with Gasteiger partial charge in [0.2, 0.25) is 0 Å². The van der Waals surface area contributed by atoms with Crippen molar-refractivity contribution >= 4 is 17.4 Å². The van der Waals surface area contributed by atoms with Crippen molar-refractivity contribution < 1.29 is 22.7 Å². The summed E-state index contributed by atoms with van der Waals surface area (Å²) >= 11 is 0. The summed E-state index contributed by atoms with van der Waals surface area (Å²) in [4.78, 5) is 19.9. The Bertz CT molecular complexity index is 756. The van der Waals surface area contributed by atoms with Gasteiger partial charge in [-0.1, -0.05) is 0 Å². The monoisotopic (exact) mass is 340 g/mol. The Hall–Kier alpha value is -2.68. The van der Waals surface area contributed by atoms with Crippen molar-refractivity contribution in [2.45, 2.75) is 6.92 Å². The van der Waals surface area contributed by atoms with E-state index in [-0.39, 0.29) is 23.0 Å².